The molecule has 0 atom stereocenters. The van der Waals surface area contributed by atoms with Crippen LogP contribution in [0.1, 0.15) is 28.8 Å². The van der Waals surface area contributed by atoms with E-state index < -0.39 is 0 Å². The fraction of sp³-hybridized carbons (Fsp3) is 0.333. The number of pyridine rings is 1. The molecule has 1 aliphatic heterocycles. The number of rotatable bonds is 4. The number of anilines is 1. The Balaban J connectivity index is 1.59. The summed E-state index contributed by atoms with van der Waals surface area (Å²) in [6.07, 6.45) is 4.02. The lowest BCUT2D eigenvalue weighted by Crippen LogP contribution is -2.19. The molecule has 0 N–H and O–H groups in total. The van der Waals surface area contributed by atoms with Crippen molar-refractivity contribution in [2.75, 3.05) is 18.0 Å². The maximum atomic E-state index is 12.0. The molecule has 0 saturated carbocycles. The Bertz CT molecular complexity index is 621. The van der Waals surface area contributed by atoms with Crippen molar-refractivity contribution in [3.05, 3.63) is 44.7 Å². The van der Waals surface area contributed by atoms with Crippen molar-refractivity contribution in [2.45, 2.75) is 19.4 Å². The number of hydrogen-bond acceptors (Lipinski definition) is 5. The van der Waals surface area contributed by atoms with Crippen LogP contribution in [0.3, 0.4) is 0 Å². The lowest BCUT2D eigenvalue weighted by Gasteiger charge is -2.15. The number of carbonyl (C=O) groups excluding carboxylic acids is 1. The zero-order valence-electron chi connectivity index (χ0n) is 11.4. The van der Waals surface area contributed by atoms with E-state index in [1.165, 1.54) is 12.8 Å². The van der Waals surface area contributed by atoms with Crippen LogP contribution in [-0.2, 0) is 11.3 Å². The van der Waals surface area contributed by atoms with Gasteiger partial charge in [0.15, 0.2) is 0 Å². The minimum atomic E-state index is -0.335. The number of nitrogens with zero attached hydrogens (tertiary/aromatic N) is 2. The zero-order chi connectivity index (χ0) is 14.7. The molecule has 4 nitrogen and oxygen atoms in total. The first-order valence-corrected chi connectivity index (χ1v) is 8.51. The third kappa shape index (κ3) is 3.63. The third-order valence-corrected chi connectivity index (χ3v) is 4.96. The Morgan fingerprint density at radius 2 is 2.19 bits per heavy atom. The van der Waals surface area contributed by atoms with Gasteiger partial charge in [-0.3, -0.25) is 0 Å². The Morgan fingerprint density at radius 1 is 1.38 bits per heavy atom. The lowest BCUT2D eigenvalue weighted by atomic mass is 10.3. The summed E-state index contributed by atoms with van der Waals surface area (Å²) in [7, 11) is 0. The molecule has 1 aliphatic rings. The van der Waals surface area contributed by atoms with E-state index in [4.69, 9.17) is 4.74 Å². The quantitative estimate of drug-likeness (QED) is 0.770. The average Bonchev–Trinajstić information content (AvgIpc) is 3.16. The van der Waals surface area contributed by atoms with E-state index in [0.29, 0.717) is 5.56 Å². The number of halogens is 1. The molecule has 0 radical (unpaired) electrons. The largest absolute Gasteiger partial charge is 0.457 e. The first-order chi connectivity index (χ1) is 10.2. The molecular weight excluding hydrogens is 352 g/mol. The average molecular weight is 367 g/mol. The highest BCUT2D eigenvalue weighted by atomic mass is 79.9. The summed E-state index contributed by atoms with van der Waals surface area (Å²) in [5, 5.41) is 1.96. The van der Waals surface area contributed by atoms with Gasteiger partial charge in [0.05, 0.1) is 9.35 Å². The topological polar surface area (TPSA) is 42.4 Å². The molecule has 0 unspecified atom stereocenters. The smallest absolute Gasteiger partial charge is 0.340 e. The zero-order valence-corrected chi connectivity index (χ0v) is 13.8. The van der Waals surface area contributed by atoms with Gasteiger partial charge in [-0.25, -0.2) is 9.78 Å². The summed E-state index contributed by atoms with van der Waals surface area (Å²) in [4.78, 5) is 18.6. The maximum absolute atomic E-state index is 12.0. The van der Waals surface area contributed by atoms with Gasteiger partial charge >= 0.3 is 5.97 Å². The summed E-state index contributed by atoms with van der Waals surface area (Å²) in [6, 6.07) is 5.63. The van der Waals surface area contributed by atoms with Gasteiger partial charge < -0.3 is 9.64 Å². The van der Waals surface area contributed by atoms with E-state index in [9.17, 15) is 4.79 Å². The molecule has 1 saturated heterocycles. The monoisotopic (exact) mass is 366 g/mol. The summed E-state index contributed by atoms with van der Waals surface area (Å²) in [6.45, 7) is 2.38. The van der Waals surface area contributed by atoms with Crippen LogP contribution in [0.25, 0.3) is 0 Å². The van der Waals surface area contributed by atoms with Gasteiger partial charge in [-0.1, -0.05) is 0 Å². The molecule has 1 fully saturated rings. The van der Waals surface area contributed by atoms with Gasteiger partial charge in [0, 0.05) is 24.8 Å². The highest BCUT2D eigenvalue weighted by molar-refractivity contribution is 9.11. The van der Waals surface area contributed by atoms with E-state index in [0.717, 1.165) is 28.3 Å². The number of carbonyl (C=O) groups is 1. The number of ether oxygens (including phenoxy) is 1. The number of aromatic nitrogens is 1. The molecule has 0 bridgehead atoms. The normalized spacial score (nSPS) is 14.4. The predicted molar refractivity (Wildman–Crippen MR) is 86.8 cm³/mol. The molecule has 0 amide bonds. The van der Waals surface area contributed by atoms with Crippen molar-refractivity contribution in [2.24, 2.45) is 0 Å². The third-order valence-electron chi connectivity index (χ3n) is 3.41. The second-order valence-electron chi connectivity index (χ2n) is 4.93. The fourth-order valence-electron chi connectivity index (χ4n) is 2.29. The van der Waals surface area contributed by atoms with Crippen molar-refractivity contribution in [1.82, 2.24) is 4.98 Å². The van der Waals surface area contributed by atoms with Crippen molar-refractivity contribution in [3.63, 3.8) is 0 Å². The lowest BCUT2D eigenvalue weighted by molar-refractivity contribution is 0.0472. The second-order valence-corrected chi connectivity index (χ2v) is 7.22. The summed E-state index contributed by atoms with van der Waals surface area (Å²) in [5.74, 6) is 0.601. The van der Waals surface area contributed by atoms with E-state index in [2.05, 4.69) is 25.8 Å². The van der Waals surface area contributed by atoms with Gasteiger partial charge in [-0.05, 0) is 52.4 Å². The first-order valence-electron chi connectivity index (χ1n) is 6.83. The van der Waals surface area contributed by atoms with Crippen LogP contribution < -0.4 is 4.90 Å². The molecule has 110 valence electrons. The van der Waals surface area contributed by atoms with Crippen LogP contribution in [0.2, 0.25) is 0 Å². The standard InChI is InChI=1S/C15H15BrN2O2S/c16-13-7-11(10-21-13)9-20-15(19)12-3-4-14(17-8-12)18-5-1-2-6-18/h3-4,7-8,10H,1-2,5-6,9H2. The minimum absolute atomic E-state index is 0.287. The van der Waals surface area contributed by atoms with Crippen LogP contribution in [0, 0.1) is 0 Å². The molecule has 3 rings (SSSR count). The molecule has 6 heteroatoms. The Kier molecular flexibility index (Phi) is 4.55. The molecular formula is C15H15BrN2O2S. The van der Waals surface area contributed by atoms with Crippen LogP contribution in [0.4, 0.5) is 5.82 Å². The first kappa shape index (κ1) is 14.5. The number of esters is 1. The molecule has 21 heavy (non-hydrogen) atoms. The minimum Gasteiger partial charge on any atom is -0.457 e. The molecule has 0 aliphatic carbocycles. The van der Waals surface area contributed by atoms with E-state index in [1.54, 1.807) is 23.6 Å². The fourth-order valence-corrected chi connectivity index (χ4v) is 3.49. The van der Waals surface area contributed by atoms with Gasteiger partial charge in [0.2, 0.25) is 0 Å². The highest BCUT2D eigenvalue weighted by Crippen LogP contribution is 2.22. The Morgan fingerprint density at radius 3 is 2.81 bits per heavy atom. The number of hydrogen-bond donors (Lipinski definition) is 0. The van der Waals surface area contributed by atoms with Crippen molar-refractivity contribution in [3.8, 4) is 0 Å². The molecule has 2 aromatic heterocycles. The van der Waals surface area contributed by atoms with Crippen molar-refractivity contribution >= 4 is 39.1 Å². The summed E-state index contributed by atoms with van der Waals surface area (Å²) < 4.78 is 6.32. The highest BCUT2D eigenvalue weighted by Gasteiger charge is 2.14. The van der Waals surface area contributed by atoms with Crippen LogP contribution in [0.15, 0.2) is 33.6 Å². The van der Waals surface area contributed by atoms with Crippen molar-refractivity contribution < 1.29 is 9.53 Å². The van der Waals surface area contributed by atoms with Gasteiger partial charge in [-0.15, -0.1) is 11.3 Å². The van der Waals surface area contributed by atoms with Crippen molar-refractivity contribution in [1.29, 1.82) is 0 Å². The number of thiophene rings is 1. The van der Waals surface area contributed by atoms with E-state index in [1.807, 2.05) is 17.5 Å². The predicted octanol–water partition coefficient (Wildman–Crippen LogP) is 3.86. The van der Waals surface area contributed by atoms with Crippen LogP contribution in [-0.4, -0.2) is 24.0 Å². The summed E-state index contributed by atoms with van der Waals surface area (Å²) >= 11 is 4.96. The van der Waals surface area contributed by atoms with E-state index >= 15 is 0 Å². The molecule has 2 aromatic rings. The van der Waals surface area contributed by atoms with Gasteiger partial charge in [0.1, 0.15) is 12.4 Å². The SMILES string of the molecule is O=C(OCc1csc(Br)c1)c1ccc(N2CCCC2)nc1. The van der Waals surface area contributed by atoms with Gasteiger partial charge in [0.25, 0.3) is 0 Å². The maximum Gasteiger partial charge on any atom is 0.340 e. The Hall–Kier alpha value is -1.40. The Labute approximate surface area is 135 Å². The molecule has 3 heterocycles. The van der Waals surface area contributed by atoms with E-state index in [-0.39, 0.29) is 12.6 Å². The molecule has 0 spiro atoms. The van der Waals surface area contributed by atoms with Crippen LogP contribution >= 0.6 is 27.3 Å². The van der Waals surface area contributed by atoms with Gasteiger partial charge in [-0.2, -0.15) is 0 Å². The van der Waals surface area contributed by atoms with Crippen LogP contribution in [0.5, 0.6) is 0 Å². The summed E-state index contributed by atoms with van der Waals surface area (Å²) in [5.41, 5.74) is 1.48. The second kappa shape index (κ2) is 6.58. The molecule has 0 aromatic carbocycles.